The van der Waals surface area contributed by atoms with Crippen LogP contribution in [0.3, 0.4) is 0 Å². The Hall–Kier alpha value is -2.40. The molecule has 0 bridgehead atoms. The minimum atomic E-state index is -0.270. The molecule has 7 nitrogen and oxygen atoms in total. The predicted octanol–water partition coefficient (Wildman–Crippen LogP) is 2.77. The minimum absolute atomic E-state index is 0.270. The molecule has 0 unspecified atom stereocenters. The van der Waals surface area contributed by atoms with Crippen LogP contribution in [0.5, 0.6) is 17.2 Å². The number of methoxy groups -OCH3 is 3. The lowest BCUT2D eigenvalue weighted by atomic mass is 10.2. The number of thioether (sulfide) groups is 1. The molecule has 0 saturated heterocycles. The highest BCUT2D eigenvalue weighted by molar-refractivity contribution is 7.99. The molecule has 0 aliphatic rings. The van der Waals surface area contributed by atoms with E-state index >= 15 is 0 Å². The zero-order valence-electron chi connectivity index (χ0n) is 12.6. The average Bonchev–Trinajstić information content (AvgIpc) is 3.01. The van der Waals surface area contributed by atoms with Crippen molar-refractivity contribution in [3.63, 3.8) is 0 Å². The SMILES string of the molecule is COc1cc(-c2nnc(S[C@H](C)C#N)o2)cc(OC)c1OC. The molecule has 0 N–H and O–H groups in total. The fourth-order valence-electron chi connectivity index (χ4n) is 1.76. The van der Waals surface area contributed by atoms with Gasteiger partial charge >= 0.3 is 0 Å². The van der Waals surface area contributed by atoms with Gasteiger partial charge in [-0.15, -0.1) is 10.2 Å². The Balaban J connectivity index is 2.39. The van der Waals surface area contributed by atoms with Crippen molar-refractivity contribution in [1.29, 1.82) is 5.26 Å². The molecular weight excluding hydrogens is 306 g/mol. The second-order valence-electron chi connectivity index (χ2n) is 4.18. The molecule has 1 aromatic heterocycles. The summed E-state index contributed by atoms with van der Waals surface area (Å²) in [4.78, 5) is 0. The molecule has 2 aromatic rings. The van der Waals surface area contributed by atoms with Crippen molar-refractivity contribution in [3.8, 4) is 34.8 Å². The number of aromatic nitrogens is 2. The van der Waals surface area contributed by atoms with Gasteiger partial charge in [0.1, 0.15) is 0 Å². The first kappa shape index (κ1) is 16.0. The van der Waals surface area contributed by atoms with E-state index in [4.69, 9.17) is 23.9 Å². The predicted molar refractivity (Wildman–Crippen MR) is 80.3 cm³/mol. The first-order valence-corrected chi connectivity index (χ1v) is 7.21. The first-order valence-electron chi connectivity index (χ1n) is 6.33. The third-order valence-corrected chi connectivity index (χ3v) is 3.60. The summed E-state index contributed by atoms with van der Waals surface area (Å²) in [6.45, 7) is 1.76. The molecule has 0 amide bonds. The second-order valence-corrected chi connectivity index (χ2v) is 5.47. The van der Waals surface area contributed by atoms with Gasteiger partial charge in [0.2, 0.25) is 11.6 Å². The van der Waals surface area contributed by atoms with E-state index in [-0.39, 0.29) is 5.25 Å². The van der Waals surface area contributed by atoms with Gasteiger partial charge in [0.05, 0.1) is 32.6 Å². The summed E-state index contributed by atoms with van der Waals surface area (Å²) in [6, 6.07) is 5.53. The van der Waals surface area contributed by atoms with Crippen LogP contribution in [0.15, 0.2) is 21.8 Å². The largest absolute Gasteiger partial charge is 0.493 e. The van der Waals surface area contributed by atoms with Gasteiger partial charge in [-0.05, 0) is 30.8 Å². The van der Waals surface area contributed by atoms with Crippen LogP contribution in [-0.2, 0) is 0 Å². The van der Waals surface area contributed by atoms with Gasteiger partial charge in [-0.1, -0.05) is 0 Å². The second kappa shape index (κ2) is 7.04. The number of nitrogens with zero attached hydrogens (tertiary/aromatic N) is 3. The molecule has 1 heterocycles. The standard InChI is InChI=1S/C14H15N3O4S/c1-8(7-15)22-14-17-16-13(21-14)9-5-10(18-2)12(20-4)11(6-9)19-3/h5-6,8H,1-4H3/t8-/m1/s1. The number of nitriles is 1. The summed E-state index contributed by atoms with van der Waals surface area (Å²) in [6.07, 6.45) is 0. The fourth-order valence-corrected chi connectivity index (χ4v) is 2.33. The molecule has 8 heteroatoms. The van der Waals surface area contributed by atoms with E-state index in [0.29, 0.717) is 33.9 Å². The summed E-state index contributed by atoms with van der Waals surface area (Å²) < 4.78 is 21.4. The van der Waals surface area contributed by atoms with Gasteiger partial charge in [0, 0.05) is 5.56 Å². The molecule has 22 heavy (non-hydrogen) atoms. The number of ether oxygens (including phenoxy) is 3. The molecule has 0 radical (unpaired) electrons. The monoisotopic (exact) mass is 321 g/mol. The maximum atomic E-state index is 8.81. The molecule has 0 fully saturated rings. The molecule has 116 valence electrons. The van der Waals surface area contributed by atoms with E-state index in [1.807, 2.05) is 0 Å². The summed E-state index contributed by atoms with van der Waals surface area (Å²) >= 11 is 1.20. The Labute approximate surface area is 132 Å². The highest BCUT2D eigenvalue weighted by Gasteiger charge is 2.18. The van der Waals surface area contributed by atoms with Crippen molar-refractivity contribution in [1.82, 2.24) is 10.2 Å². The van der Waals surface area contributed by atoms with Crippen LogP contribution in [0.1, 0.15) is 6.92 Å². The van der Waals surface area contributed by atoms with Gasteiger partial charge in [-0.25, -0.2) is 0 Å². The Morgan fingerprint density at radius 3 is 2.27 bits per heavy atom. The van der Waals surface area contributed by atoms with Crippen LogP contribution in [0.2, 0.25) is 0 Å². The van der Waals surface area contributed by atoms with E-state index in [9.17, 15) is 0 Å². The number of benzene rings is 1. The average molecular weight is 321 g/mol. The maximum Gasteiger partial charge on any atom is 0.278 e. The highest BCUT2D eigenvalue weighted by Crippen LogP contribution is 2.41. The van der Waals surface area contributed by atoms with Crippen LogP contribution in [0.25, 0.3) is 11.5 Å². The third-order valence-electron chi connectivity index (χ3n) is 2.78. The van der Waals surface area contributed by atoms with Gasteiger partial charge < -0.3 is 18.6 Å². The molecule has 0 spiro atoms. The molecule has 1 atom stereocenters. The van der Waals surface area contributed by atoms with Crippen molar-refractivity contribution >= 4 is 11.8 Å². The van der Waals surface area contributed by atoms with Crippen LogP contribution in [0, 0.1) is 11.3 Å². The van der Waals surface area contributed by atoms with Crippen LogP contribution < -0.4 is 14.2 Å². The highest BCUT2D eigenvalue weighted by atomic mass is 32.2. The maximum absolute atomic E-state index is 8.81. The molecular formula is C14H15N3O4S. The minimum Gasteiger partial charge on any atom is -0.493 e. The van der Waals surface area contributed by atoms with E-state index < -0.39 is 0 Å². The van der Waals surface area contributed by atoms with Crippen LogP contribution >= 0.6 is 11.8 Å². The van der Waals surface area contributed by atoms with Gasteiger partial charge in [0.25, 0.3) is 5.22 Å². The summed E-state index contributed by atoms with van der Waals surface area (Å²) in [5, 5.41) is 16.8. The number of hydrogen-bond donors (Lipinski definition) is 0. The van der Waals surface area contributed by atoms with E-state index in [0.717, 1.165) is 0 Å². The smallest absolute Gasteiger partial charge is 0.278 e. The van der Waals surface area contributed by atoms with Gasteiger partial charge in [0.15, 0.2) is 11.5 Å². The molecule has 2 rings (SSSR count). The quantitative estimate of drug-likeness (QED) is 0.750. The zero-order chi connectivity index (χ0) is 16.1. The molecule has 0 aliphatic carbocycles. The number of rotatable bonds is 6. The van der Waals surface area contributed by atoms with Gasteiger partial charge in [-0.2, -0.15) is 5.26 Å². The molecule has 0 aliphatic heterocycles. The van der Waals surface area contributed by atoms with Crippen molar-refractivity contribution in [3.05, 3.63) is 12.1 Å². The summed E-state index contributed by atoms with van der Waals surface area (Å²) in [5.74, 6) is 1.79. The van der Waals surface area contributed by atoms with Crippen LogP contribution in [0.4, 0.5) is 0 Å². The Morgan fingerprint density at radius 1 is 1.14 bits per heavy atom. The van der Waals surface area contributed by atoms with Crippen molar-refractivity contribution in [2.45, 2.75) is 17.4 Å². The molecule has 1 aromatic carbocycles. The third kappa shape index (κ3) is 3.26. The number of hydrogen-bond acceptors (Lipinski definition) is 8. The van der Waals surface area contributed by atoms with E-state index in [1.54, 1.807) is 19.1 Å². The molecule has 0 saturated carbocycles. The Morgan fingerprint density at radius 2 is 1.77 bits per heavy atom. The Bertz CT molecular complexity index is 671. The summed E-state index contributed by atoms with van der Waals surface area (Å²) in [7, 11) is 4.60. The zero-order valence-corrected chi connectivity index (χ0v) is 13.4. The normalized spacial score (nSPS) is 11.6. The first-order chi connectivity index (χ1) is 10.6. The topological polar surface area (TPSA) is 90.4 Å². The Kier molecular flexibility index (Phi) is 5.12. The van der Waals surface area contributed by atoms with Gasteiger partial charge in [-0.3, -0.25) is 0 Å². The summed E-state index contributed by atoms with van der Waals surface area (Å²) in [5.41, 5.74) is 0.637. The lowest BCUT2D eigenvalue weighted by Gasteiger charge is -2.12. The lowest BCUT2D eigenvalue weighted by molar-refractivity contribution is 0.324. The van der Waals surface area contributed by atoms with E-state index in [2.05, 4.69) is 16.3 Å². The van der Waals surface area contributed by atoms with Crippen LogP contribution in [-0.4, -0.2) is 36.8 Å². The fraction of sp³-hybridized carbons (Fsp3) is 0.357. The van der Waals surface area contributed by atoms with Crippen molar-refractivity contribution in [2.24, 2.45) is 0 Å². The van der Waals surface area contributed by atoms with Crippen molar-refractivity contribution in [2.75, 3.05) is 21.3 Å². The van der Waals surface area contributed by atoms with E-state index in [1.165, 1.54) is 33.1 Å². The lowest BCUT2D eigenvalue weighted by Crippen LogP contribution is -1.95. The van der Waals surface area contributed by atoms with Crippen molar-refractivity contribution < 1.29 is 18.6 Å².